The third kappa shape index (κ3) is 3.21. The second-order valence-electron chi connectivity index (χ2n) is 6.62. The van der Waals surface area contributed by atoms with Crippen LogP contribution in [0.1, 0.15) is 24.4 Å². The second kappa shape index (κ2) is 7.05. The maximum atomic E-state index is 12.2. The predicted molar refractivity (Wildman–Crippen MR) is 91.7 cm³/mol. The number of pyridine rings is 1. The Morgan fingerprint density at radius 3 is 2.38 bits per heavy atom. The zero-order valence-electron chi connectivity index (χ0n) is 14.5. The highest BCUT2D eigenvalue weighted by Gasteiger charge is 2.45. The minimum Gasteiger partial charge on any atom is -0.378 e. The lowest BCUT2D eigenvalue weighted by Crippen LogP contribution is -2.60. The van der Waals surface area contributed by atoms with Crippen LogP contribution in [-0.2, 0) is 14.9 Å². The van der Waals surface area contributed by atoms with Gasteiger partial charge in [0, 0.05) is 59.3 Å². The van der Waals surface area contributed by atoms with Crippen molar-refractivity contribution in [2.45, 2.75) is 31.0 Å². The van der Waals surface area contributed by atoms with Gasteiger partial charge in [0.15, 0.2) is 0 Å². The van der Waals surface area contributed by atoms with E-state index in [1.807, 2.05) is 24.5 Å². The molecule has 3 heterocycles. The highest BCUT2D eigenvalue weighted by Crippen LogP contribution is 2.39. The molecule has 0 aromatic carbocycles. The Kier molecular flexibility index (Phi) is 5.22. The van der Waals surface area contributed by atoms with E-state index in [0.29, 0.717) is 19.1 Å². The number of nitrogens with zero attached hydrogens (tertiary/aromatic N) is 4. The van der Waals surface area contributed by atoms with E-state index in [2.05, 4.69) is 9.88 Å². The van der Waals surface area contributed by atoms with Crippen LogP contribution in [0.5, 0.6) is 0 Å². The SMILES string of the molecule is CO[C@H]1CN(C2CCN(S(=O)(=O)N(C)C)CC2)[C@H]1c1ccncc1. The molecular weight excluding hydrogens is 328 g/mol. The van der Waals surface area contributed by atoms with Gasteiger partial charge >= 0.3 is 0 Å². The summed E-state index contributed by atoms with van der Waals surface area (Å²) < 4.78 is 33.0. The Morgan fingerprint density at radius 1 is 1.21 bits per heavy atom. The zero-order valence-corrected chi connectivity index (χ0v) is 15.3. The Morgan fingerprint density at radius 2 is 1.83 bits per heavy atom. The van der Waals surface area contributed by atoms with E-state index in [4.69, 9.17) is 4.74 Å². The molecule has 2 fully saturated rings. The van der Waals surface area contributed by atoms with Gasteiger partial charge in [-0.25, -0.2) is 0 Å². The zero-order chi connectivity index (χ0) is 17.3. The fourth-order valence-corrected chi connectivity index (χ4v) is 4.81. The number of piperidine rings is 1. The summed E-state index contributed by atoms with van der Waals surface area (Å²) in [7, 11) is 1.61. The molecule has 8 heteroatoms. The van der Waals surface area contributed by atoms with Crippen LogP contribution in [0.2, 0.25) is 0 Å². The molecule has 1 aromatic heterocycles. The first-order chi connectivity index (χ1) is 11.4. The number of methoxy groups -OCH3 is 1. The number of rotatable bonds is 5. The molecule has 0 amide bonds. The molecule has 134 valence electrons. The summed E-state index contributed by atoms with van der Waals surface area (Å²) >= 11 is 0. The summed E-state index contributed by atoms with van der Waals surface area (Å²) in [5, 5.41) is 0. The Labute approximate surface area is 144 Å². The average Bonchev–Trinajstić information content (AvgIpc) is 2.55. The number of ether oxygens (including phenoxy) is 1. The highest BCUT2D eigenvalue weighted by atomic mass is 32.2. The van der Waals surface area contributed by atoms with Crippen LogP contribution in [-0.4, -0.2) is 79.9 Å². The van der Waals surface area contributed by atoms with Gasteiger partial charge in [0.2, 0.25) is 0 Å². The van der Waals surface area contributed by atoms with Crippen molar-refractivity contribution >= 4 is 10.2 Å². The largest absolute Gasteiger partial charge is 0.378 e. The van der Waals surface area contributed by atoms with E-state index >= 15 is 0 Å². The molecule has 0 spiro atoms. The lowest BCUT2D eigenvalue weighted by Gasteiger charge is -2.53. The second-order valence-corrected chi connectivity index (χ2v) is 8.76. The topological polar surface area (TPSA) is 66.0 Å². The monoisotopic (exact) mass is 354 g/mol. The predicted octanol–water partition coefficient (Wildman–Crippen LogP) is 0.724. The van der Waals surface area contributed by atoms with Crippen molar-refractivity contribution in [3.63, 3.8) is 0 Å². The summed E-state index contributed by atoms with van der Waals surface area (Å²) in [6, 6.07) is 4.70. The number of likely N-dealkylation sites (tertiary alicyclic amines) is 1. The molecule has 7 nitrogen and oxygen atoms in total. The van der Waals surface area contributed by atoms with Gasteiger partial charge in [-0.1, -0.05) is 0 Å². The molecule has 2 saturated heterocycles. The minimum atomic E-state index is -3.30. The van der Waals surface area contributed by atoms with Crippen LogP contribution in [0.4, 0.5) is 0 Å². The molecule has 1 aromatic rings. The normalized spacial score (nSPS) is 27.3. The molecule has 0 radical (unpaired) electrons. The molecule has 2 atom stereocenters. The molecule has 0 N–H and O–H groups in total. The van der Waals surface area contributed by atoms with Gasteiger partial charge in [0.25, 0.3) is 10.2 Å². The molecule has 0 bridgehead atoms. The molecule has 2 aliphatic heterocycles. The summed E-state index contributed by atoms with van der Waals surface area (Å²) in [6.07, 6.45) is 5.52. The van der Waals surface area contributed by atoms with E-state index in [0.717, 1.165) is 19.4 Å². The maximum absolute atomic E-state index is 12.2. The summed E-state index contributed by atoms with van der Waals surface area (Å²) in [4.78, 5) is 6.54. The molecule has 3 rings (SSSR count). The van der Waals surface area contributed by atoms with Crippen LogP contribution in [0.15, 0.2) is 24.5 Å². The molecule has 0 aliphatic carbocycles. The standard InChI is InChI=1S/C16H26N4O3S/c1-18(2)24(21,22)19-10-6-14(7-11-19)20-12-15(23-3)16(20)13-4-8-17-9-5-13/h4-5,8-9,14-16H,6-7,10-12H2,1-3H3/t15-,16-/m0/s1. The van der Waals surface area contributed by atoms with Crippen LogP contribution in [0.25, 0.3) is 0 Å². The van der Waals surface area contributed by atoms with E-state index in [9.17, 15) is 8.42 Å². The van der Waals surface area contributed by atoms with Gasteiger partial charge in [-0.15, -0.1) is 0 Å². The summed E-state index contributed by atoms with van der Waals surface area (Å²) in [5.74, 6) is 0. The first kappa shape index (κ1) is 17.8. The Hall–Kier alpha value is -1.06. The fraction of sp³-hybridized carbons (Fsp3) is 0.688. The fourth-order valence-electron chi connectivity index (χ4n) is 3.68. The van der Waals surface area contributed by atoms with Gasteiger partial charge < -0.3 is 4.74 Å². The molecule has 2 aliphatic rings. The van der Waals surface area contributed by atoms with Crippen molar-refractivity contribution in [2.24, 2.45) is 0 Å². The van der Waals surface area contributed by atoms with Crippen LogP contribution < -0.4 is 0 Å². The van der Waals surface area contributed by atoms with Gasteiger partial charge in [-0.05, 0) is 30.5 Å². The van der Waals surface area contributed by atoms with Crippen LogP contribution in [0, 0.1) is 0 Å². The van der Waals surface area contributed by atoms with Crippen molar-refractivity contribution in [3.8, 4) is 0 Å². The third-order valence-corrected chi connectivity index (χ3v) is 7.07. The number of hydrogen-bond donors (Lipinski definition) is 0. The smallest absolute Gasteiger partial charge is 0.281 e. The summed E-state index contributed by atoms with van der Waals surface area (Å²) in [6.45, 7) is 2.04. The highest BCUT2D eigenvalue weighted by molar-refractivity contribution is 7.86. The van der Waals surface area contributed by atoms with Gasteiger partial charge in [-0.3, -0.25) is 9.88 Å². The quantitative estimate of drug-likeness (QED) is 0.780. The molecule has 24 heavy (non-hydrogen) atoms. The summed E-state index contributed by atoms with van der Waals surface area (Å²) in [5.41, 5.74) is 1.21. The van der Waals surface area contributed by atoms with E-state index in [1.54, 1.807) is 25.5 Å². The van der Waals surface area contributed by atoms with Gasteiger partial charge in [0.05, 0.1) is 12.1 Å². The van der Waals surface area contributed by atoms with Crippen LogP contribution >= 0.6 is 0 Å². The van der Waals surface area contributed by atoms with Gasteiger partial charge in [-0.2, -0.15) is 17.0 Å². The van der Waals surface area contributed by atoms with E-state index < -0.39 is 10.2 Å². The van der Waals surface area contributed by atoms with Crippen molar-refractivity contribution in [2.75, 3.05) is 40.8 Å². The first-order valence-electron chi connectivity index (χ1n) is 8.31. The van der Waals surface area contributed by atoms with E-state index in [1.165, 1.54) is 9.87 Å². The number of aromatic nitrogens is 1. The van der Waals surface area contributed by atoms with Crippen LogP contribution in [0.3, 0.4) is 0 Å². The van der Waals surface area contributed by atoms with Gasteiger partial charge in [0.1, 0.15) is 0 Å². The van der Waals surface area contributed by atoms with Crippen molar-refractivity contribution < 1.29 is 13.2 Å². The lowest BCUT2D eigenvalue weighted by molar-refractivity contribution is -0.114. The minimum absolute atomic E-state index is 0.191. The van der Waals surface area contributed by atoms with Crippen molar-refractivity contribution in [3.05, 3.63) is 30.1 Å². The molecular formula is C16H26N4O3S. The number of hydrogen-bond acceptors (Lipinski definition) is 5. The Bertz CT molecular complexity index is 645. The Balaban J connectivity index is 1.66. The van der Waals surface area contributed by atoms with Crippen molar-refractivity contribution in [1.82, 2.24) is 18.5 Å². The first-order valence-corrected chi connectivity index (χ1v) is 9.71. The van der Waals surface area contributed by atoms with E-state index in [-0.39, 0.29) is 12.1 Å². The third-order valence-electron chi connectivity index (χ3n) is 5.13. The lowest BCUT2D eigenvalue weighted by atomic mass is 9.87. The average molecular weight is 354 g/mol. The van der Waals surface area contributed by atoms with Crippen molar-refractivity contribution in [1.29, 1.82) is 0 Å². The molecule has 0 unspecified atom stereocenters. The molecule has 0 saturated carbocycles. The maximum Gasteiger partial charge on any atom is 0.281 e.